The van der Waals surface area contributed by atoms with E-state index in [1.807, 2.05) is 0 Å². The first kappa shape index (κ1) is 7.44. The van der Waals surface area contributed by atoms with Crippen LogP contribution in [0.2, 0.25) is 0 Å². The molecule has 1 atom stereocenters. The Morgan fingerprint density at radius 1 is 1.88 bits per heavy atom. The van der Waals surface area contributed by atoms with Crippen molar-refractivity contribution in [2.75, 3.05) is 0 Å². The molecule has 0 aliphatic carbocycles. The Balaban J connectivity index is 3.46. The van der Waals surface area contributed by atoms with E-state index in [2.05, 4.69) is 13.2 Å². The van der Waals surface area contributed by atoms with E-state index in [1.165, 1.54) is 0 Å². The Morgan fingerprint density at radius 2 is 2.38 bits per heavy atom. The molecule has 1 nitrogen and oxygen atoms in total. The molecular formula is C7H12O. The van der Waals surface area contributed by atoms with Crippen LogP contribution in [0.5, 0.6) is 0 Å². The average molecular weight is 112 g/mol. The maximum atomic E-state index is 8.96. The number of hydrogen-bond acceptors (Lipinski definition) is 1. The molecule has 8 heavy (non-hydrogen) atoms. The minimum absolute atomic E-state index is 0.396. The molecule has 1 heteroatoms. The third kappa shape index (κ3) is 2.59. The van der Waals surface area contributed by atoms with E-state index < -0.39 is 6.10 Å². The van der Waals surface area contributed by atoms with Crippen LogP contribution in [-0.2, 0) is 0 Å². The highest BCUT2D eigenvalue weighted by molar-refractivity contribution is 4.98. The standard InChI is InChI=1S/C7H12O/c1-4-5-7(8)6(2)3/h4,7-8H,1-2,5H2,3H3. The highest BCUT2D eigenvalue weighted by Gasteiger charge is 1.98. The first-order valence-corrected chi connectivity index (χ1v) is 2.63. The Hall–Kier alpha value is -0.560. The molecule has 0 aliphatic heterocycles. The number of rotatable bonds is 3. The maximum Gasteiger partial charge on any atom is 0.0779 e. The highest BCUT2D eigenvalue weighted by atomic mass is 16.3. The molecule has 0 aromatic rings. The molecular weight excluding hydrogens is 100 g/mol. The lowest BCUT2D eigenvalue weighted by molar-refractivity contribution is 0.215. The van der Waals surface area contributed by atoms with Gasteiger partial charge in [0, 0.05) is 0 Å². The summed E-state index contributed by atoms with van der Waals surface area (Å²) in [6, 6.07) is 0. The molecule has 1 unspecified atom stereocenters. The van der Waals surface area contributed by atoms with E-state index in [9.17, 15) is 0 Å². The lowest BCUT2D eigenvalue weighted by atomic mass is 10.1. The zero-order chi connectivity index (χ0) is 6.57. The summed E-state index contributed by atoms with van der Waals surface area (Å²) in [5.74, 6) is 0. The van der Waals surface area contributed by atoms with Crippen LogP contribution in [0.15, 0.2) is 24.8 Å². The molecule has 0 saturated heterocycles. The minimum atomic E-state index is -0.396. The molecule has 0 aromatic carbocycles. The van der Waals surface area contributed by atoms with Gasteiger partial charge in [0.1, 0.15) is 0 Å². The Kier molecular flexibility index (Phi) is 3.20. The number of aliphatic hydroxyl groups excluding tert-OH is 1. The molecule has 0 fully saturated rings. The van der Waals surface area contributed by atoms with Gasteiger partial charge < -0.3 is 5.11 Å². The van der Waals surface area contributed by atoms with Gasteiger partial charge in [-0.15, -0.1) is 6.58 Å². The number of aliphatic hydroxyl groups is 1. The molecule has 0 bridgehead atoms. The molecule has 0 aromatic heterocycles. The second-order valence-corrected chi connectivity index (χ2v) is 1.89. The highest BCUT2D eigenvalue weighted by Crippen LogP contribution is 2.01. The fourth-order valence-corrected chi connectivity index (χ4v) is 0.359. The van der Waals surface area contributed by atoms with Gasteiger partial charge in [0.25, 0.3) is 0 Å². The van der Waals surface area contributed by atoms with Crippen LogP contribution in [-0.4, -0.2) is 11.2 Å². The number of hydrogen-bond donors (Lipinski definition) is 1. The monoisotopic (exact) mass is 112 g/mol. The SMILES string of the molecule is C=CCC(O)C(=C)C. The first-order chi connectivity index (χ1) is 3.68. The maximum absolute atomic E-state index is 8.96. The fourth-order valence-electron chi connectivity index (χ4n) is 0.359. The lowest BCUT2D eigenvalue weighted by Gasteiger charge is -2.04. The van der Waals surface area contributed by atoms with Gasteiger partial charge in [-0.1, -0.05) is 18.2 Å². The molecule has 0 spiro atoms. The van der Waals surface area contributed by atoms with Gasteiger partial charge in [0.05, 0.1) is 6.10 Å². The molecule has 0 aliphatic rings. The Morgan fingerprint density at radius 3 is 2.50 bits per heavy atom. The summed E-state index contributed by atoms with van der Waals surface area (Å²) in [5.41, 5.74) is 0.796. The smallest absolute Gasteiger partial charge is 0.0779 e. The van der Waals surface area contributed by atoms with Crippen LogP contribution in [0.4, 0.5) is 0 Å². The van der Waals surface area contributed by atoms with Crippen LogP contribution in [0.3, 0.4) is 0 Å². The van der Waals surface area contributed by atoms with Crippen molar-refractivity contribution in [1.82, 2.24) is 0 Å². The van der Waals surface area contributed by atoms with E-state index in [1.54, 1.807) is 13.0 Å². The average Bonchev–Trinajstić information content (AvgIpc) is 1.67. The van der Waals surface area contributed by atoms with Gasteiger partial charge in [-0.3, -0.25) is 0 Å². The van der Waals surface area contributed by atoms with Crippen LogP contribution in [0, 0.1) is 0 Å². The van der Waals surface area contributed by atoms with E-state index >= 15 is 0 Å². The van der Waals surface area contributed by atoms with Crippen molar-refractivity contribution in [1.29, 1.82) is 0 Å². The molecule has 0 radical (unpaired) electrons. The van der Waals surface area contributed by atoms with Crippen molar-refractivity contribution in [2.24, 2.45) is 0 Å². The molecule has 0 amide bonds. The second kappa shape index (κ2) is 3.44. The van der Waals surface area contributed by atoms with Crippen molar-refractivity contribution >= 4 is 0 Å². The largest absolute Gasteiger partial charge is 0.388 e. The summed E-state index contributed by atoms with van der Waals surface area (Å²) in [6.45, 7) is 8.86. The summed E-state index contributed by atoms with van der Waals surface area (Å²) < 4.78 is 0. The van der Waals surface area contributed by atoms with Crippen molar-refractivity contribution in [3.8, 4) is 0 Å². The van der Waals surface area contributed by atoms with Gasteiger partial charge >= 0.3 is 0 Å². The van der Waals surface area contributed by atoms with Gasteiger partial charge in [-0.05, 0) is 13.3 Å². The molecule has 0 heterocycles. The Labute approximate surface area is 50.3 Å². The lowest BCUT2D eigenvalue weighted by Crippen LogP contribution is -2.04. The van der Waals surface area contributed by atoms with Crippen LogP contribution < -0.4 is 0 Å². The summed E-state index contributed by atoms with van der Waals surface area (Å²) >= 11 is 0. The first-order valence-electron chi connectivity index (χ1n) is 2.63. The van der Waals surface area contributed by atoms with E-state index in [4.69, 9.17) is 5.11 Å². The fraction of sp³-hybridized carbons (Fsp3) is 0.429. The van der Waals surface area contributed by atoms with Crippen molar-refractivity contribution < 1.29 is 5.11 Å². The van der Waals surface area contributed by atoms with Gasteiger partial charge in [-0.25, -0.2) is 0 Å². The Bertz CT molecular complexity index is 94.6. The van der Waals surface area contributed by atoms with Crippen molar-refractivity contribution in [3.05, 3.63) is 24.8 Å². The van der Waals surface area contributed by atoms with Crippen LogP contribution >= 0.6 is 0 Å². The molecule has 1 N–H and O–H groups in total. The van der Waals surface area contributed by atoms with Crippen LogP contribution in [0.25, 0.3) is 0 Å². The zero-order valence-corrected chi connectivity index (χ0v) is 5.22. The summed E-state index contributed by atoms with van der Waals surface area (Å²) in [7, 11) is 0. The van der Waals surface area contributed by atoms with E-state index in [0.717, 1.165) is 5.57 Å². The summed E-state index contributed by atoms with van der Waals surface area (Å²) in [6.07, 6.45) is 1.89. The quantitative estimate of drug-likeness (QED) is 0.548. The zero-order valence-electron chi connectivity index (χ0n) is 5.22. The molecule has 0 saturated carbocycles. The van der Waals surface area contributed by atoms with E-state index in [0.29, 0.717) is 6.42 Å². The molecule has 0 rings (SSSR count). The van der Waals surface area contributed by atoms with Gasteiger partial charge in [0.15, 0.2) is 0 Å². The third-order valence-electron chi connectivity index (χ3n) is 0.959. The third-order valence-corrected chi connectivity index (χ3v) is 0.959. The summed E-state index contributed by atoms with van der Waals surface area (Å²) in [5, 5.41) is 8.96. The predicted molar refractivity (Wildman–Crippen MR) is 35.6 cm³/mol. The minimum Gasteiger partial charge on any atom is -0.388 e. The van der Waals surface area contributed by atoms with E-state index in [-0.39, 0.29) is 0 Å². The van der Waals surface area contributed by atoms with Gasteiger partial charge in [0.2, 0.25) is 0 Å². The van der Waals surface area contributed by atoms with Crippen molar-refractivity contribution in [2.45, 2.75) is 19.4 Å². The second-order valence-electron chi connectivity index (χ2n) is 1.89. The van der Waals surface area contributed by atoms with Crippen molar-refractivity contribution in [3.63, 3.8) is 0 Å². The van der Waals surface area contributed by atoms with Gasteiger partial charge in [-0.2, -0.15) is 0 Å². The summed E-state index contributed by atoms with van der Waals surface area (Å²) in [4.78, 5) is 0. The molecule has 46 valence electrons. The van der Waals surface area contributed by atoms with Crippen LogP contribution in [0.1, 0.15) is 13.3 Å². The predicted octanol–water partition coefficient (Wildman–Crippen LogP) is 1.50. The topological polar surface area (TPSA) is 20.2 Å². The normalized spacial score (nSPS) is 12.8.